The molecule has 2 aromatic carbocycles. The van der Waals surface area contributed by atoms with Crippen molar-refractivity contribution in [3.8, 4) is 16.9 Å². The zero-order valence-corrected chi connectivity index (χ0v) is 23.2. The highest BCUT2D eigenvalue weighted by molar-refractivity contribution is 5.66. The molecule has 2 aliphatic carbocycles. The third kappa shape index (κ3) is 6.87. The molecule has 0 N–H and O–H groups in total. The van der Waals surface area contributed by atoms with Crippen molar-refractivity contribution < 1.29 is 49.3 Å². The van der Waals surface area contributed by atoms with Crippen molar-refractivity contribution in [2.24, 2.45) is 29.6 Å². The lowest BCUT2D eigenvalue weighted by Crippen LogP contribution is -2.43. The average molecular weight is 607 g/mol. The summed E-state index contributed by atoms with van der Waals surface area (Å²) in [5.41, 5.74) is -2.97. The molecule has 0 atom stereocenters. The van der Waals surface area contributed by atoms with Crippen LogP contribution in [0.2, 0.25) is 0 Å². The highest BCUT2D eigenvalue weighted by Crippen LogP contribution is 2.44. The SMILES string of the molecule is CC1CCC(C2COC(C3CCC(C(F)(F)Oc4cc(F)c(-c5ccc(C(F)(F)F)c(F)c5)c(F)c4)CC3)OC2)CC1. The first-order valence-corrected chi connectivity index (χ1v) is 14.5. The maximum atomic E-state index is 15.1. The molecule has 42 heavy (non-hydrogen) atoms. The fourth-order valence-electron chi connectivity index (χ4n) is 6.59. The highest BCUT2D eigenvalue weighted by Gasteiger charge is 2.46. The summed E-state index contributed by atoms with van der Waals surface area (Å²) >= 11 is 0. The average Bonchev–Trinajstić information content (AvgIpc) is 2.92. The van der Waals surface area contributed by atoms with Crippen LogP contribution in [0.1, 0.15) is 63.9 Å². The summed E-state index contributed by atoms with van der Waals surface area (Å²) in [6.45, 7) is 3.48. The topological polar surface area (TPSA) is 27.7 Å². The Balaban J connectivity index is 1.16. The molecule has 0 spiro atoms. The second kappa shape index (κ2) is 12.3. The van der Waals surface area contributed by atoms with Crippen LogP contribution in [-0.2, 0) is 15.7 Å². The molecule has 0 unspecified atom stereocenters. The number of benzene rings is 2. The van der Waals surface area contributed by atoms with Crippen LogP contribution in [0.15, 0.2) is 30.3 Å². The van der Waals surface area contributed by atoms with E-state index < -0.39 is 64.4 Å². The molecule has 2 saturated carbocycles. The van der Waals surface area contributed by atoms with Crippen LogP contribution in [0, 0.1) is 47.0 Å². The normalized spacial score (nSPS) is 29.4. The monoisotopic (exact) mass is 606 g/mol. The van der Waals surface area contributed by atoms with Crippen LogP contribution in [0.4, 0.5) is 35.1 Å². The molecular formula is C31H34F8O3. The Kier molecular flexibility index (Phi) is 9.09. The van der Waals surface area contributed by atoms with Gasteiger partial charge in [-0.05, 0) is 68.1 Å². The van der Waals surface area contributed by atoms with E-state index in [2.05, 4.69) is 6.92 Å². The molecule has 0 amide bonds. The molecule has 0 bridgehead atoms. The maximum Gasteiger partial charge on any atom is 0.419 e. The van der Waals surface area contributed by atoms with Crippen LogP contribution < -0.4 is 4.74 Å². The zero-order valence-electron chi connectivity index (χ0n) is 23.2. The smallest absolute Gasteiger partial charge is 0.419 e. The van der Waals surface area contributed by atoms with Crippen LogP contribution in [0.3, 0.4) is 0 Å². The van der Waals surface area contributed by atoms with Gasteiger partial charge in [-0.2, -0.15) is 22.0 Å². The number of hydrogen-bond acceptors (Lipinski definition) is 3. The Bertz CT molecular complexity index is 1200. The lowest BCUT2D eigenvalue weighted by atomic mass is 9.76. The van der Waals surface area contributed by atoms with Gasteiger partial charge in [0.25, 0.3) is 0 Å². The van der Waals surface area contributed by atoms with Crippen molar-refractivity contribution in [2.45, 2.75) is 76.9 Å². The minimum atomic E-state index is -4.99. The summed E-state index contributed by atoms with van der Waals surface area (Å²) in [6.07, 6.45) is -3.36. The fourth-order valence-corrected chi connectivity index (χ4v) is 6.59. The summed E-state index contributed by atoms with van der Waals surface area (Å²) in [6, 6.07) is 2.43. The second-order valence-corrected chi connectivity index (χ2v) is 12.0. The van der Waals surface area contributed by atoms with Gasteiger partial charge in [-0.25, -0.2) is 13.2 Å². The first kappa shape index (κ1) is 31.0. The predicted octanol–water partition coefficient (Wildman–Crippen LogP) is 9.38. The molecule has 0 radical (unpaired) electrons. The van der Waals surface area contributed by atoms with Gasteiger partial charge >= 0.3 is 12.3 Å². The summed E-state index contributed by atoms with van der Waals surface area (Å²) in [5, 5.41) is 0. The zero-order chi connectivity index (χ0) is 30.2. The molecule has 1 saturated heterocycles. The Hall–Kier alpha value is -2.40. The van der Waals surface area contributed by atoms with Crippen molar-refractivity contribution in [3.63, 3.8) is 0 Å². The predicted molar refractivity (Wildman–Crippen MR) is 138 cm³/mol. The number of halogens is 8. The van der Waals surface area contributed by atoms with Gasteiger partial charge in [-0.1, -0.05) is 25.8 Å². The second-order valence-electron chi connectivity index (χ2n) is 12.0. The van der Waals surface area contributed by atoms with Gasteiger partial charge in [0, 0.05) is 24.0 Å². The van der Waals surface area contributed by atoms with E-state index in [0.29, 0.717) is 68.2 Å². The van der Waals surface area contributed by atoms with Gasteiger partial charge in [0.05, 0.1) is 30.3 Å². The molecule has 1 heterocycles. The van der Waals surface area contributed by atoms with Crippen molar-refractivity contribution in [1.29, 1.82) is 0 Å². The molecule has 5 rings (SSSR count). The molecule has 3 aliphatic rings. The summed E-state index contributed by atoms with van der Waals surface area (Å²) in [5.74, 6) is -4.80. The van der Waals surface area contributed by atoms with Crippen molar-refractivity contribution in [1.82, 2.24) is 0 Å². The van der Waals surface area contributed by atoms with E-state index in [1.165, 1.54) is 25.7 Å². The highest BCUT2D eigenvalue weighted by atomic mass is 19.4. The van der Waals surface area contributed by atoms with Crippen molar-refractivity contribution in [2.75, 3.05) is 13.2 Å². The Morgan fingerprint density at radius 1 is 0.690 bits per heavy atom. The standard InChI is InChI=1S/C31H34F8O3/c1-17-2-4-18(5-3-17)21-15-40-29(41-16-21)19-6-9-22(10-7-19)31(38,39)42-23-13-26(33)28(27(34)14-23)20-8-11-24(25(32)12-20)30(35,36)37/h8,11-14,17-19,21-22,29H,2-7,9-10,15-16H2,1H3. The summed E-state index contributed by atoms with van der Waals surface area (Å²) < 4.78 is 129. The third-order valence-electron chi connectivity index (χ3n) is 9.14. The number of rotatable bonds is 6. The van der Waals surface area contributed by atoms with E-state index in [0.717, 1.165) is 5.92 Å². The number of ether oxygens (including phenoxy) is 3. The Morgan fingerprint density at radius 2 is 1.26 bits per heavy atom. The fraction of sp³-hybridized carbons (Fsp3) is 0.613. The number of alkyl halides is 5. The third-order valence-corrected chi connectivity index (χ3v) is 9.14. The Morgan fingerprint density at radius 3 is 1.81 bits per heavy atom. The van der Waals surface area contributed by atoms with Crippen molar-refractivity contribution >= 4 is 0 Å². The number of hydrogen-bond donors (Lipinski definition) is 0. The largest absolute Gasteiger partial charge is 0.432 e. The van der Waals surface area contributed by atoms with Gasteiger partial charge in [-0.15, -0.1) is 0 Å². The molecular weight excluding hydrogens is 572 g/mol. The van der Waals surface area contributed by atoms with E-state index in [-0.39, 0.29) is 18.8 Å². The minimum Gasteiger partial charge on any atom is -0.432 e. The first-order valence-electron chi connectivity index (χ1n) is 14.5. The van der Waals surface area contributed by atoms with E-state index in [1.807, 2.05) is 0 Å². The van der Waals surface area contributed by atoms with Gasteiger partial charge in [-0.3, -0.25) is 0 Å². The van der Waals surface area contributed by atoms with Crippen LogP contribution >= 0.6 is 0 Å². The maximum absolute atomic E-state index is 15.1. The van der Waals surface area contributed by atoms with Crippen LogP contribution in [0.25, 0.3) is 11.1 Å². The molecule has 11 heteroatoms. The molecule has 3 fully saturated rings. The lowest BCUT2D eigenvalue weighted by molar-refractivity contribution is -0.251. The van der Waals surface area contributed by atoms with E-state index in [4.69, 9.17) is 14.2 Å². The van der Waals surface area contributed by atoms with E-state index in [1.54, 1.807) is 0 Å². The summed E-state index contributed by atoms with van der Waals surface area (Å²) in [7, 11) is 0. The van der Waals surface area contributed by atoms with Gasteiger partial charge in [0.2, 0.25) is 0 Å². The first-order chi connectivity index (χ1) is 19.8. The van der Waals surface area contributed by atoms with Crippen LogP contribution in [0.5, 0.6) is 5.75 Å². The molecule has 0 aromatic heterocycles. The van der Waals surface area contributed by atoms with Gasteiger partial charge in [0.1, 0.15) is 23.2 Å². The lowest BCUT2D eigenvalue weighted by Gasteiger charge is -2.41. The molecule has 232 valence electrons. The van der Waals surface area contributed by atoms with Crippen LogP contribution in [-0.4, -0.2) is 25.6 Å². The molecule has 1 aliphatic heterocycles. The minimum absolute atomic E-state index is 0.0392. The summed E-state index contributed by atoms with van der Waals surface area (Å²) in [4.78, 5) is 0. The van der Waals surface area contributed by atoms with Gasteiger partial charge in [0.15, 0.2) is 6.29 Å². The molecule has 3 nitrogen and oxygen atoms in total. The van der Waals surface area contributed by atoms with Crippen molar-refractivity contribution in [3.05, 3.63) is 53.3 Å². The van der Waals surface area contributed by atoms with E-state index >= 15 is 8.78 Å². The quantitative estimate of drug-likeness (QED) is 0.307. The van der Waals surface area contributed by atoms with Gasteiger partial charge < -0.3 is 14.2 Å². The van der Waals surface area contributed by atoms with E-state index in [9.17, 15) is 26.3 Å². The Labute approximate surface area is 239 Å². The molecule has 2 aromatic rings.